The predicted molar refractivity (Wildman–Crippen MR) is 112 cm³/mol. The summed E-state index contributed by atoms with van der Waals surface area (Å²) < 4.78 is 6.46. The van der Waals surface area contributed by atoms with E-state index in [-0.39, 0.29) is 29.1 Å². The van der Waals surface area contributed by atoms with E-state index in [9.17, 15) is 14.4 Å². The van der Waals surface area contributed by atoms with Gasteiger partial charge in [0.2, 0.25) is 0 Å². The predicted octanol–water partition coefficient (Wildman–Crippen LogP) is 3.96. The summed E-state index contributed by atoms with van der Waals surface area (Å²) in [5.74, 6) is -0.834. The number of nitrogens with one attached hydrogen (secondary N) is 1. The van der Waals surface area contributed by atoms with Crippen molar-refractivity contribution in [3.8, 4) is 0 Å². The monoisotopic (exact) mass is 411 g/mol. The van der Waals surface area contributed by atoms with Gasteiger partial charge in [-0.25, -0.2) is 9.78 Å². The summed E-state index contributed by atoms with van der Waals surface area (Å²) in [5.41, 5.74) is 0.549. The number of pyridine rings is 1. The molecule has 2 heterocycles. The van der Waals surface area contributed by atoms with Crippen LogP contribution in [0.4, 0.5) is 5.13 Å². The van der Waals surface area contributed by atoms with Crippen LogP contribution in [0.2, 0.25) is 0 Å². The summed E-state index contributed by atoms with van der Waals surface area (Å²) in [6.45, 7) is 3.90. The maximum atomic E-state index is 13.1. The van der Waals surface area contributed by atoms with Crippen LogP contribution in [0, 0.1) is 0 Å². The van der Waals surface area contributed by atoms with Gasteiger partial charge in [-0.3, -0.25) is 14.9 Å². The lowest BCUT2D eigenvalue weighted by atomic mass is 10.1. The zero-order valence-corrected chi connectivity index (χ0v) is 17.2. The Balaban J connectivity index is 1.74. The number of methoxy groups -OCH3 is 1. The van der Waals surface area contributed by atoms with Gasteiger partial charge in [0, 0.05) is 27.9 Å². The van der Waals surface area contributed by atoms with Crippen LogP contribution < -0.4 is 10.9 Å². The summed E-state index contributed by atoms with van der Waals surface area (Å²) in [7, 11) is 1.30. The fourth-order valence-corrected chi connectivity index (χ4v) is 4.25. The number of carbonyl (C=O) groups is 2. The second kappa shape index (κ2) is 7.44. The fraction of sp³-hybridized carbons (Fsp3) is 0.333. The van der Waals surface area contributed by atoms with Crippen LogP contribution in [0.5, 0.6) is 0 Å². The van der Waals surface area contributed by atoms with E-state index in [1.165, 1.54) is 18.4 Å². The van der Waals surface area contributed by atoms with Crippen LogP contribution >= 0.6 is 11.3 Å². The lowest BCUT2D eigenvalue weighted by Gasteiger charge is -2.11. The minimum Gasteiger partial charge on any atom is -0.464 e. The van der Waals surface area contributed by atoms with Gasteiger partial charge >= 0.3 is 5.97 Å². The van der Waals surface area contributed by atoms with Crippen LogP contribution in [0.1, 0.15) is 64.4 Å². The highest BCUT2D eigenvalue weighted by Crippen LogP contribution is 2.35. The largest absolute Gasteiger partial charge is 0.464 e. The number of thiazole rings is 1. The number of carbonyl (C=O) groups excluding carboxylic acids is 2. The number of hydrogen-bond donors (Lipinski definition) is 1. The molecule has 0 atom stereocenters. The number of amides is 1. The van der Waals surface area contributed by atoms with E-state index in [1.54, 1.807) is 35.0 Å². The number of fused-ring (bicyclic) bond motifs is 1. The molecule has 0 bridgehead atoms. The third-order valence-corrected chi connectivity index (χ3v) is 6.18. The maximum Gasteiger partial charge on any atom is 0.357 e. The first-order chi connectivity index (χ1) is 13.9. The summed E-state index contributed by atoms with van der Waals surface area (Å²) in [6, 6.07) is 7.25. The standard InChI is InChI=1S/C21H21N3O4S/c1-11(2)17-16(20(27)28-3)22-21(29-17)23-18(25)15-10-24(12-8-9-12)19(26)14-7-5-4-6-13(14)15/h4-7,10-12H,8-9H2,1-3H3,(H,22,23,25). The van der Waals surface area contributed by atoms with E-state index in [2.05, 4.69) is 10.3 Å². The van der Waals surface area contributed by atoms with Crippen molar-refractivity contribution in [3.63, 3.8) is 0 Å². The highest BCUT2D eigenvalue weighted by atomic mass is 32.1. The summed E-state index contributed by atoms with van der Waals surface area (Å²) in [5, 5.41) is 4.24. The molecule has 1 N–H and O–H groups in total. The number of benzene rings is 1. The second-order valence-corrected chi connectivity index (χ2v) is 8.39. The van der Waals surface area contributed by atoms with Gasteiger partial charge in [-0.1, -0.05) is 32.0 Å². The molecule has 150 valence electrons. The molecule has 0 unspecified atom stereocenters. The molecule has 1 fully saturated rings. The van der Waals surface area contributed by atoms with Crippen molar-refractivity contribution in [1.82, 2.24) is 9.55 Å². The Morgan fingerprint density at radius 3 is 2.55 bits per heavy atom. The second-order valence-electron chi connectivity index (χ2n) is 7.36. The molecule has 1 amide bonds. The molecule has 2 aromatic heterocycles. The van der Waals surface area contributed by atoms with Crippen LogP contribution in [-0.4, -0.2) is 28.5 Å². The minimum absolute atomic E-state index is 0.0600. The van der Waals surface area contributed by atoms with E-state index in [0.29, 0.717) is 21.5 Å². The lowest BCUT2D eigenvalue weighted by molar-refractivity contribution is 0.0593. The number of hydrogen-bond acceptors (Lipinski definition) is 6. The van der Waals surface area contributed by atoms with Gasteiger partial charge in [0.15, 0.2) is 10.8 Å². The zero-order chi connectivity index (χ0) is 20.7. The topological polar surface area (TPSA) is 90.3 Å². The number of aromatic nitrogens is 2. The first kappa shape index (κ1) is 19.3. The summed E-state index contributed by atoms with van der Waals surface area (Å²) in [6.07, 6.45) is 3.51. The molecule has 1 aliphatic carbocycles. The van der Waals surface area contributed by atoms with Crippen LogP contribution in [0.25, 0.3) is 10.8 Å². The molecule has 1 aliphatic rings. The number of esters is 1. The molecule has 3 aromatic rings. The van der Waals surface area contributed by atoms with Crippen LogP contribution in [0.15, 0.2) is 35.3 Å². The summed E-state index contributed by atoms with van der Waals surface area (Å²) in [4.78, 5) is 42.9. The normalized spacial score (nSPS) is 13.7. The van der Waals surface area contributed by atoms with Crippen molar-refractivity contribution >= 4 is 39.1 Å². The number of nitrogens with zero attached hydrogens (tertiary/aromatic N) is 2. The van der Waals surface area contributed by atoms with E-state index in [0.717, 1.165) is 17.7 Å². The Morgan fingerprint density at radius 1 is 1.24 bits per heavy atom. The molecular formula is C21H21N3O4S. The van der Waals surface area contributed by atoms with Crippen molar-refractivity contribution < 1.29 is 14.3 Å². The molecule has 4 rings (SSSR count). The van der Waals surface area contributed by atoms with E-state index in [1.807, 2.05) is 13.8 Å². The number of rotatable bonds is 5. The SMILES string of the molecule is COC(=O)c1nc(NC(=O)c2cn(C3CC3)c(=O)c3ccccc23)sc1C(C)C. The van der Waals surface area contributed by atoms with Crippen LogP contribution in [0.3, 0.4) is 0 Å². The number of ether oxygens (including phenoxy) is 1. The van der Waals surface area contributed by atoms with E-state index < -0.39 is 5.97 Å². The molecule has 8 heteroatoms. The Hall–Kier alpha value is -3.00. The van der Waals surface area contributed by atoms with Crippen LogP contribution in [-0.2, 0) is 4.74 Å². The Kier molecular flexibility index (Phi) is 4.96. The molecule has 7 nitrogen and oxygen atoms in total. The molecule has 1 aromatic carbocycles. The average molecular weight is 411 g/mol. The third kappa shape index (κ3) is 3.55. The molecule has 0 saturated heterocycles. The van der Waals surface area contributed by atoms with Gasteiger partial charge in [0.1, 0.15) is 0 Å². The van der Waals surface area contributed by atoms with Gasteiger partial charge in [-0.05, 0) is 24.8 Å². The van der Waals surface area contributed by atoms with Gasteiger partial charge in [-0.15, -0.1) is 11.3 Å². The van der Waals surface area contributed by atoms with Crippen molar-refractivity contribution in [2.45, 2.75) is 38.6 Å². The van der Waals surface area contributed by atoms with Crippen molar-refractivity contribution in [1.29, 1.82) is 0 Å². The minimum atomic E-state index is -0.529. The Bertz CT molecular complexity index is 1170. The van der Waals surface area contributed by atoms with Crippen molar-refractivity contribution in [2.75, 3.05) is 12.4 Å². The van der Waals surface area contributed by atoms with Crippen molar-refractivity contribution in [3.05, 3.63) is 57.0 Å². The highest BCUT2D eigenvalue weighted by molar-refractivity contribution is 7.16. The quantitative estimate of drug-likeness (QED) is 0.642. The van der Waals surface area contributed by atoms with Gasteiger partial charge in [-0.2, -0.15) is 0 Å². The zero-order valence-electron chi connectivity index (χ0n) is 16.4. The van der Waals surface area contributed by atoms with Crippen molar-refractivity contribution in [2.24, 2.45) is 0 Å². The first-order valence-corrected chi connectivity index (χ1v) is 10.3. The molecular weight excluding hydrogens is 390 g/mol. The Labute approximate surface area is 171 Å². The molecule has 0 radical (unpaired) electrons. The lowest BCUT2D eigenvalue weighted by Crippen LogP contribution is -2.23. The summed E-state index contributed by atoms with van der Waals surface area (Å²) >= 11 is 1.25. The number of anilines is 1. The highest BCUT2D eigenvalue weighted by Gasteiger charge is 2.27. The molecule has 0 aliphatic heterocycles. The van der Waals surface area contributed by atoms with Gasteiger partial charge in [0.05, 0.1) is 12.7 Å². The average Bonchev–Trinajstić information content (AvgIpc) is 3.47. The fourth-order valence-electron chi connectivity index (χ4n) is 3.30. The Morgan fingerprint density at radius 2 is 1.93 bits per heavy atom. The molecule has 1 saturated carbocycles. The maximum absolute atomic E-state index is 13.1. The smallest absolute Gasteiger partial charge is 0.357 e. The van der Waals surface area contributed by atoms with E-state index >= 15 is 0 Å². The molecule has 29 heavy (non-hydrogen) atoms. The van der Waals surface area contributed by atoms with Gasteiger partial charge in [0.25, 0.3) is 11.5 Å². The molecule has 0 spiro atoms. The third-order valence-electron chi connectivity index (χ3n) is 4.91. The van der Waals surface area contributed by atoms with Gasteiger partial charge < -0.3 is 9.30 Å². The van der Waals surface area contributed by atoms with E-state index in [4.69, 9.17) is 4.74 Å². The first-order valence-electron chi connectivity index (χ1n) is 9.45.